The lowest BCUT2D eigenvalue weighted by Crippen LogP contribution is -2.43. The van der Waals surface area contributed by atoms with Crippen molar-refractivity contribution in [1.82, 2.24) is 19.5 Å². The Morgan fingerprint density at radius 1 is 1.28 bits per heavy atom. The van der Waals surface area contributed by atoms with Crippen molar-refractivity contribution in [3.8, 4) is 11.5 Å². The van der Waals surface area contributed by atoms with Gasteiger partial charge in [0.05, 0.1) is 34.8 Å². The van der Waals surface area contributed by atoms with E-state index < -0.39 is 53.0 Å². The number of alkyl halides is 2. The van der Waals surface area contributed by atoms with Crippen LogP contribution < -0.4 is 11.2 Å². The predicted octanol–water partition coefficient (Wildman–Crippen LogP) is -0.799. The highest BCUT2D eigenvalue weighted by atomic mass is 35.5. The first-order valence-corrected chi connectivity index (χ1v) is 9.52. The SMILES string of the molecule is CC1=Cc2nc3c(=O)[nH]c(=O)nc-3n(C[C@@H](O)[C@@H](O)[C@@H](O)CO)c2C(Cl)C1(C)Cl. The number of hydrogen-bond donors (Lipinski definition) is 5. The number of aliphatic hydroxyl groups excluding tert-OH is 4. The molecular formula is C17H20Cl2N4O6. The van der Waals surface area contributed by atoms with Crippen LogP contribution in [-0.4, -0.2) is 69.7 Å². The number of aromatic amines is 1. The number of aromatic nitrogens is 4. The molecular weight excluding hydrogens is 427 g/mol. The van der Waals surface area contributed by atoms with Gasteiger partial charge in [-0.25, -0.2) is 9.78 Å². The minimum atomic E-state index is -1.71. The van der Waals surface area contributed by atoms with E-state index in [1.807, 2.05) is 4.98 Å². The Bertz CT molecular complexity index is 1050. The molecule has 1 aliphatic carbocycles. The molecule has 0 saturated heterocycles. The number of rotatable bonds is 5. The van der Waals surface area contributed by atoms with Crippen molar-refractivity contribution < 1.29 is 20.4 Å². The molecule has 0 radical (unpaired) electrons. The van der Waals surface area contributed by atoms with E-state index in [1.165, 1.54) is 4.57 Å². The molecule has 0 aromatic carbocycles. The molecule has 0 amide bonds. The van der Waals surface area contributed by atoms with Crippen molar-refractivity contribution in [3.05, 3.63) is 37.8 Å². The topological polar surface area (TPSA) is 162 Å². The molecule has 5 atom stereocenters. The molecule has 2 unspecified atom stereocenters. The summed E-state index contributed by atoms with van der Waals surface area (Å²) in [7, 11) is 0. The van der Waals surface area contributed by atoms with Crippen LogP contribution in [0.4, 0.5) is 0 Å². The third kappa shape index (κ3) is 3.72. The Balaban J connectivity index is 2.29. The summed E-state index contributed by atoms with van der Waals surface area (Å²) in [6.07, 6.45) is -3.27. The lowest BCUT2D eigenvalue weighted by Gasteiger charge is -2.36. The smallest absolute Gasteiger partial charge is 0.349 e. The van der Waals surface area contributed by atoms with Crippen molar-refractivity contribution in [2.24, 2.45) is 0 Å². The molecule has 3 rings (SSSR count). The largest absolute Gasteiger partial charge is 0.394 e. The van der Waals surface area contributed by atoms with Crippen LogP contribution in [0.25, 0.3) is 17.6 Å². The molecule has 12 heteroatoms. The minimum absolute atomic E-state index is 0.159. The summed E-state index contributed by atoms with van der Waals surface area (Å²) in [6.45, 7) is 2.25. The molecule has 29 heavy (non-hydrogen) atoms. The summed E-state index contributed by atoms with van der Waals surface area (Å²) >= 11 is 13.2. The number of halogens is 2. The lowest BCUT2D eigenvalue weighted by molar-refractivity contribution is -0.0807. The third-order valence-electron chi connectivity index (χ3n) is 5.08. The fourth-order valence-corrected chi connectivity index (χ4v) is 3.73. The Kier molecular flexibility index (Phi) is 5.87. The van der Waals surface area contributed by atoms with Crippen LogP contribution in [0.1, 0.15) is 30.6 Å². The van der Waals surface area contributed by atoms with Crippen molar-refractivity contribution in [2.75, 3.05) is 6.61 Å². The van der Waals surface area contributed by atoms with Crippen LogP contribution >= 0.6 is 23.2 Å². The summed E-state index contributed by atoms with van der Waals surface area (Å²) < 4.78 is 1.29. The zero-order valence-electron chi connectivity index (χ0n) is 15.5. The number of allylic oxidation sites excluding steroid dienone is 1. The van der Waals surface area contributed by atoms with Gasteiger partial charge >= 0.3 is 5.69 Å². The highest BCUT2D eigenvalue weighted by Gasteiger charge is 2.42. The van der Waals surface area contributed by atoms with E-state index in [0.29, 0.717) is 11.3 Å². The maximum absolute atomic E-state index is 12.3. The van der Waals surface area contributed by atoms with Gasteiger partial charge in [-0.3, -0.25) is 9.78 Å². The molecule has 0 aromatic rings. The Hall–Kier alpha value is -1.82. The van der Waals surface area contributed by atoms with E-state index in [-0.39, 0.29) is 17.2 Å². The van der Waals surface area contributed by atoms with Crippen molar-refractivity contribution in [3.63, 3.8) is 0 Å². The van der Waals surface area contributed by atoms with E-state index >= 15 is 0 Å². The highest BCUT2D eigenvalue weighted by Crippen LogP contribution is 2.48. The fraction of sp³-hybridized carbons (Fsp3) is 0.529. The first-order valence-electron chi connectivity index (χ1n) is 8.70. The van der Waals surface area contributed by atoms with Crippen LogP contribution in [0.5, 0.6) is 0 Å². The molecule has 0 aromatic heterocycles. The van der Waals surface area contributed by atoms with Gasteiger partial charge in [-0.2, -0.15) is 4.98 Å². The Morgan fingerprint density at radius 2 is 1.93 bits per heavy atom. The predicted molar refractivity (Wildman–Crippen MR) is 105 cm³/mol. The van der Waals surface area contributed by atoms with Gasteiger partial charge in [0.1, 0.15) is 18.3 Å². The zero-order chi connectivity index (χ0) is 21.7. The van der Waals surface area contributed by atoms with Gasteiger partial charge in [-0.15, -0.1) is 23.2 Å². The summed E-state index contributed by atoms with van der Waals surface area (Å²) in [4.78, 5) is 33.1. The average molecular weight is 447 g/mol. The average Bonchev–Trinajstić information content (AvgIpc) is 2.65. The molecule has 0 saturated carbocycles. The van der Waals surface area contributed by atoms with Gasteiger partial charge in [0, 0.05) is 0 Å². The number of nitrogens with zero attached hydrogens (tertiary/aromatic N) is 3. The van der Waals surface area contributed by atoms with Crippen LogP contribution in [0.15, 0.2) is 15.2 Å². The number of nitrogens with one attached hydrogen (secondary N) is 1. The minimum Gasteiger partial charge on any atom is -0.394 e. The Morgan fingerprint density at radius 3 is 2.55 bits per heavy atom. The maximum atomic E-state index is 12.3. The number of H-pyrrole nitrogens is 1. The summed E-state index contributed by atoms with van der Waals surface area (Å²) in [6, 6.07) is 0. The van der Waals surface area contributed by atoms with Crippen molar-refractivity contribution in [2.45, 2.75) is 49.0 Å². The van der Waals surface area contributed by atoms with Crippen molar-refractivity contribution >= 4 is 29.3 Å². The molecule has 10 nitrogen and oxygen atoms in total. The van der Waals surface area contributed by atoms with Crippen molar-refractivity contribution in [1.29, 1.82) is 0 Å². The lowest BCUT2D eigenvalue weighted by atomic mass is 9.88. The highest BCUT2D eigenvalue weighted by molar-refractivity contribution is 6.34. The first-order chi connectivity index (χ1) is 13.5. The molecule has 2 heterocycles. The zero-order valence-corrected chi connectivity index (χ0v) is 17.0. The second-order valence-electron chi connectivity index (χ2n) is 7.11. The fourth-order valence-electron chi connectivity index (χ4n) is 3.17. The quantitative estimate of drug-likeness (QED) is 0.372. The molecule has 0 bridgehead atoms. The second kappa shape index (κ2) is 7.78. The summed E-state index contributed by atoms with van der Waals surface area (Å²) in [5.41, 5.74) is -0.609. The third-order valence-corrected chi connectivity index (χ3v) is 6.35. The molecule has 0 fully saturated rings. The van der Waals surface area contributed by atoms with Crippen LogP contribution in [-0.2, 0) is 6.54 Å². The van der Waals surface area contributed by atoms with E-state index in [2.05, 4.69) is 9.97 Å². The van der Waals surface area contributed by atoms with Gasteiger partial charge in [-0.05, 0) is 25.5 Å². The second-order valence-corrected chi connectivity index (χ2v) is 8.33. The van der Waals surface area contributed by atoms with Gasteiger partial charge in [0.25, 0.3) is 5.56 Å². The van der Waals surface area contributed by atoms with Crippen LogP contribution in [0, 0.1) is 0 Å². The monoisotopic (exact) mass is 446 g/mol. The maximum Gasteiger partial charge on any atom is 0.349 e. The molecule has 0 spiro atoms. The van der Waals surface area contributed by atoms with E-state index in [4.69, 9.17) is 28.3 Å². The molecule has 2 aliphatic heterocycles. The molecule has 5 N–H and O–H groups in total. The van der Waals surface area contributed by atoms with E-state index in [9.17, 15) is 24.9 Å². The summed E-state index contributed by atoms with van der Waals surface area (Å²) in [5.74, 6) is -0.159. The van der Waals surface area contributed by atoms with Crippen LogP contribution in [0.2, 0.25) is 0 Å². The van der Waals surface area contributed by atoms with Crippen LogP contribution in [0.3, 0.4) is 0 Å². The van der Waals surface area contributed by atoms with Gasteiger partial charge in [0.2, 0.25) is 0 Å². The van der Waals surface area contributed by atoms with E-state index in [1.54, 1.807) is 19.9 Å². The first kappa shape index (κ1) is 21.9. The number of aliphatic hydroxyl groups is 4. The van der Waals surface area contributed by atoms with E-state index in [0.717, 1.165) is 0 Å². The normalized spacial score (nSPS) is 24.7. The summed E-state index contributed by atoms with van der Waals surface area (Å²) in [5, 5.41) is 38.2. The number of fused-ring (bicyclic) bond motifs is 2. The molecule has 3 aliphatic rings. The standard InChI is InChI=1S/C17H20Cl2N4O6/c1-6-3-7-11(13(18)17(6,2)19)23(4-8(25)12(27)9(26)5-24)14-10(20-7)15(28)22-16(29)21-14/h3,8-9,12-13,24-27H,4-5H2,1-2H3,(H,22,28,29)/t8-,9+,12-,13?,17?/m1/s1. The van der Waals surface area contributed by atoms with Gasteiger partial charge in [-0.1, -0.05) is 0 Å². The van der Waals surface area contributed by atoms with Gasteiger partial charge in [0.15, 0.2) is 11.5 Å². The van der Waals surface area contributed by atoms with Gasteiger partial charge < -0.3 is 25.0 Å². The molecule has 158 valence electrons. The Labute approximate surface area is 174 Å². The number of hydrogen-bond acceptors (Lipinski definition) is 8.